The molecule has 0 saturated carbocycles. The van der Waals surface area contributed by atoms with E-state index >= 15 is 0 Å². The van der Waals surface area contributed by atoms with Crippen LogP contribution in [-0.2, 0) is 18.3 Å². The summed E-state index contributed by atoms with van der Waals surface area (Å²) in [6.07, 6.45) is 6.09. The van der Waals surface area contributed by atoms with Crippen molar-refractivity contribution in [1.82, 2.24) is 9.97 Å². The van der Waals surface area contributed by atoms with Gasteiger partial charge in [-0.2, -0.15) is 0 Å². The Morgan fingerprint density at radius 1 is 0.828 bits per heavy atom. The highest BCUT2D eigenvalue weighted by atomic mass is 14.9. The van der Waals surface area contributed by atoms with Crippen molar-refractivity contribution in [1.29, 1.82) is 0 Å². The summed E-state index contributed by atoms with van der Waals surface area (Å²) in [5.74, 6) is 1.03. The normalized spacial score (nSPS) is 22.9. The molecule has 2 aliphatic rings. The second kappa shape index (κ2) is 10.4. The summed E-state index contributed by atoms with van der Waals surface area (Å²) < 4.78 is 0. The lowest BCUT2D eigenvalue weighted by Gasteiger charge is -2.43. The van der Waals surface area contributed by atoms with Crippen molar-refractivity contribution in [2.24, 2.45) is 0 Å². The van der Waals surface area contributed by atoms with Crippen LogP contribution in [0.1, 0.15) is 88.2 Å². The van der Waals surface area contributed by atoms with E-state index in [2.05, 4.69) is 65.4 Å². The molecule has 0 aliphatic heterocycles. The zero-order valence-corrected chi connectivity index (χ0v) is 19.3. The van der Waals surface area contributed by atoms with Gasteiger partial charge in [0, 0.05) is 23.2 Å². The number of hydrogen-bond donors (Lipinski definition) is 1. The Labute approximate surface area is 177 Å². The number of nitrogens with one attached hydrogen (secondary N) is 1. The molecule has 5 rings (SSSR count). The molecule has 156 valence electrons. The summed E-state index contributed by atoms with van der Waals surface area (Å²) in [6, 6.07) is 18.0. The summed E-state index contributed by atoms with van der Waals surface area (Å²) in [4.78, 5) is 7.80. The number of rotatable bonds is 1. The Hall–Kier alpha value is -2.35. The van der Waals surface area contributed by atoms with E-state index in [1.807, 2.05) is 54.1 Å². The first kappa shape index (κ1) is 22.9. The molecule has 2 aromatic carbocycles. The lowest BCUT2D eigenvalue weighted by Crippen LogP contribution is -2.40. The van der Waals surface area contributed by atoms with Crippen LogP contribution in [0, 0.1) is 0 Å². The maximum atomic E-state index is 4.35. The van der Waals surface area contributed by atoms with E-state index in [0.717, 1.165) is 12.8 Å². The fraction of sp³-hybridized carbons (Fsp3) is 0.444. The zero-order chi connectivity index (χ0) is 21.4. The molecule has 1 aromatic heterocycles. The minimum absolute atomic E-state index is 0.106. The van der Waals surface area contributed by atoms with Crippen molar-refractivity contribution >= 4 is 0 Å². The van der Waals surface area contributed by atoms with Gasteiger partial charge < -0.3 is 4.98 Å². The standard InChI is InChI=1S/C21H20N2.3C2H6/c1-14-17-8-4-5-9-18(17)19-10-15-6-2-3-7-16(15)11-21(14,19)20-12-22-13-23-20;3*1-2/h2-9,12-14,19H,10-11H2,1H3,(H,22,23);3*1-2H3. The first-order valence-electron chi connectivity index (χ1n) is 11.4. The Morgan fingerprint density at radius 2 is 1.41 bits per heavy atom. The van der Waals surface area contributed by atoms with Gasteiger partial charge in [-0.3, -0.25) is 0 Å². The van der Waals surface area contributed by atoms with Crippen LogP contribution < -0.4 is 0 Å². The lowest BCUT2D eigenvalue weighted by atomic mass is 9.60. The van der Waals surface area contributed by atoms with Crippen LogP contribution in [0.2, 0.25) is 0 Å². The molecule has 3 unspecified atom stereocenters. The van der Waals surface area contributed by atoms with Crippen LogP contribution in [0.3, 0.4) is 0 Å². The molecule has 0 fully saturated rings. The van der Waals surface area contributed by atoms with Crippen LogP contribution in [0.5, 0.6) is 0 Å². The number of benzene rings is 2. The van der Waals surface area contributed by atoms with Crippen molar-refractivity contribution in [3.8, 4) is 0 Å². The number of fused-ring (bicyclic) bond motifs is 4. The summed E-state index contributed by atoms with van der Waals surface area (Å²) in [6.45, 7) is 14.4. The molecule has 1 N–H and O–H groups in total. The van der Waals surface area contributed by atoms with Crippen molar-refractivity contribution in [3.05, 3.63) is 89.0 Å². The average molecular weight is 391 g/mol. The number of imidazole rings is 1. The average Bonchev–Trinajstić information content (AvgIpc) is 3.44. The Balaban J connectivity index is 0.000000461. The Bertz CT molecular complexity index is 866. The Kier molecular flexibility index (Phi) is 8.25. The molecule has 3 aromatic rings. The third-order valence-corrected chi connectivity index (χ3v) is 6.26. The number of hydrogen-bond acceptors (Lipinski definition) is 1. The maximum absolute atomic E-state index is 4.35. The zero-order valence-electron chi connectivity index (χ0n) is 19.3. The molecular weight excluding hydrogens is 352 g/mol. The maximum Gasteiger partial charge on any atom is 0.0921 e. The van der Waals surface area contributed by atoms with E-state index in [-0.39, 0.29) is 5.41 Å². The summed E-state index contributed by atoms with van der Waals surface area (Å²) in [5.41, 5.74) is 7.45. The van der Waals surface area contributed by atoms with Gasteiger partial charge in [0.25, 0.3) is 0 Å². The van der Waals surface area contributed by atoms with Crippen LogP contribution >= 0.6 is 0 Å². The molecule has 0 spiro atoms. The van der Waals surface area contributed by atoms with E-state index in [0.29, 0.717) is 11.8 Å². The quantitative estimate of drug-likeness (QED) is 0.460. The first-order chi connectivity index (χ1) is 14.3. The van der Waals surface area contributed by atoms with E-state index < -0.39 is 0 Å². The highest BCUT2D eigenvalue weighted by molar-refractivity contribution is 5.53. The molecule has 29 heavy (non-hydrogen) atoms. The smallest absolute Gasteiger partial charge is 0.0921 e. The van der Waals surface area contributed by atoms with E-state index in [4.69, 9.17) is 0 Å². The molecule has 2 nitrogen and oxygen atoms in total. The molecule has 2 heteroatoms. The molecular formula is C27H38N2. The van der Waals surface area contributed by atoms with Gasteiger partial charge in [-0.25, -0.2) is 4.98 Å². The minimum Gasteiger partial charge on any atom is -0.348 e. The first-order valence-corrected chi connectivity index (χ1v) is 11.4. The van der Waals surface area contributed by atoms with Gasteiger partial charge in [0.15, 0.2) is 0 Å². The number of aromatic nitrogens is 2. The predicted molar refractivity (Wildman–Crippen MR) is 126 cm³/mol. The largest absolute Gasteiger partial charge is 0.348 e. The molecule has 0 amide bonds. The van der Waals surface area contributed by atoms with Gasteiger partial charge >= 0.3 is 0 Å². The lowest BCUT2D eigenvalue weighted by molar-refractivity contribution is 0.293. The highest BCUT2D eigenvalue weighted by Crippen LogP contribution is 2.60. The molecule has 0 radical (unpaired) electrons. The van der Waals surface area contributed by atoms with Gasteiger partial charge in [0.05, 0.1) is 6.33 Å². The second-order valence-corrected chi connectivity index (χ2v) is 7.06. The van der Waals surface area contributed by atoms with Gasteiger partial charge in [0.1, 0.15) is 0 Å². The van der Waals surface area contributed by atoms with Crippen molar-refractivity contribution in [2.75, 3.05) is 0 Å². The molecule has 1 heterocycles. The summed E-state index contributed by atoms with van der Waals surface area (Å²) >= 11 is 0. The SMILES string of the molecule is CC.CC.CC.CC1c2ccccc2C2Cc3ccccc3CC12c1cnc[nH]1. The number of H-pyrrole nitrogens is 1. The molecule has 0 bridgehead atoms. The summed E-state index contributed by atoms with van der Waals surface area (Å²) in [7, 11) is 0. The third-order valence-electron chi connectivity index (χ3n) is 6.26. The van der Waals surface area contributed by atoms with Crippen LogP contribution in [0.25, 0.3) is 0 Å². The second-order valence-electron chi connectivity index (χ2n) is 7.06. The molecule has 2 aliphatic carbocycles. The molecule has 0 saturated heterocycles. The van der Waals surface area contributed by atoms with Gasteiger partial charge in [-0.05, 0) is 41.0 Å². The minimum atomic E-state index is 0.106. The van der Waals surface area contributed by atoms with E-state index in [9.17, 15) is 0 Å². The summed E-state index contributed by atoms with van der Waals surface area (Å²) in [5, 5.41) is 0. The topological polar surface area (TPSA) is 28.7 Å². The van der Waals surface area contributed by atoms with Crippen LogP contribution in [-0.4, -0.2) is 9.97 Å². The van der Waals surface area contributed by atoms with Gasteiger partial charge in [-0.15, -0.1) is 0 Å². The fourth-order valence-corrected chi connectivity index (χ4v) is 5.14. The van der Waals surface area contributed by atoms with Crippen molar-refractivity contribution < 1.29 is 0 Å². The van der Waals surface area contributed by atoms with Gasteiger partial charge in [0.2, 0.25) is 0 Å². The predicted octanol–water partition coefficient (Wildman–Crippen LogP) is 7.43. The van der Waals surface area contributed by atoms with Crippen LogP contribution in [0.15, 0.2) is 61.1 Å². The fourth-order valence-electron chi connectivity index (χ4n) is 5.14. The Morgan fingerprint density at radius 3 is 2.03 bits per heavy atom. The van der Waals surface area contributed by atoms with Crippen molar-refractivity contribution in [2.45, 2.75) is 78.6 Å². The monoisotopic (exact) mass is 390 g/mol. The van der Waals surface area contributed by atoms with E-state index in [1.165, 1.54) is 27.9 Å². The number of nitrogens with zero attached hydrogens (tertiary/aromatic N) is 1. The van der Waals surface area contributed by atoms with Gasteiger partial charge in [-0.1, -0.05) is 97.0 Å². The third kappa shape index (κ3) is 3.77. The number of aromatic amines is 1. The van der Waals surface area contributed by atoms with Crippen LogP contribution in [0.4, 0.5) is 0 Å². The van der Waals surface area contributed by atoms with E-state index in [1.54, 1.807) is 0 Å². The van der Waals surface area contributed by atoms with Crippen molar-refractivity contribution in [3.63, 3.8) is 0 Å². The molecule has 3 atom stereocenters. The highest BCUT2D eigenvalue weighted by Gasteiger charge is 2.54.